The van der Waals surface area contributed by atoms with Gasteiger partial charge >= 0.3 is 29.8 Å². The fourth-order valence-corrected chi connectivity index (χ4v) is 11.8. The Kier molecular flexibility index (Phi) is 15.7. The highest BCUT2D eigenvalue weighted by atomic mass is 16.6. The van der Waals surface area contributed by atoms with Gasteiger partial charge in [-0.1, -0.05) is 80.6 Å². The molecule has 11 atom stereocenters. The minimum atomic E-state index is -2.49. The van der Waals surface area contributed by atoms with Gasteiger partial charge in [0.15, 0.2) is 36.4 Å². The molecule has 19 nitrogen and oxygen atoms in total. The molecule has 77 heavy (non-hydrogen) atoms. The topological polar surface area (TPSA) is 252 Å². The normalized spacial score (nSPS) is 27.7. The van der Waals surface area contributed by atoms with Gasteiger partial charge in [0.1, 0.15) is 41.9 Å². The van der Waals surface area contributed by atoms with Crippen molar-refractivity contribution in [3.05, 3.63) is 149 Å². The number of hydrogen-bond acceptors (Lipinski definition) is 16. The zero-order chi connectivity index (χ0) is 55.8. The van der Waals surface area contributed by atoms with E-state index in [0.717, 1.165) is 13.8 Å². The summed E-state index contributed by atoms with van der Waals surface area (Å²) in [7, 11) is 3.21. The molecule has 3 aromatic carbocycles. The van der Waals surface area contributed by atoms with Gasteiger partial charge in [0.25, 0.3) is 11.8 Å². The Morgan fingerprint density at radius 2 is 1.43 bits per heavy atom. The van der Waals surface area contributed by atoms with Crippen molar-refractivity contribution in [1.29, 1.82) is 0 Å². The monoisotopic (exact) mass is 1060 g/mol. The van der Waals surface area contributed by atoms with E-state index in [9.17, 15) is 39.0 Å². The van der Waals surface area contributed by atoms with Crippen molar-refractivity contribution in [2.24, 2.45) is 16.7 Å². The van der Waals surface area contributed by atoms with Gasteiger partial charge in [0.05, 0.1) is 29.6 Å². The number of ketones is 1. The van der Waals surface area contributed by atoms with E-state index in [1.54, 1.807) is 136 Å². The zero-order valence-electron chi connectivity index (χ0n) is 44.1. The second kappa shape index (κ2) is 21.8. The Morgan fingerprint density at radius 1 is 0.818 bits per heavy atom. The molecule has 0 spiro atoms. The van der Waals surface area contributed by atoms with Crippen molar-refractivity contribution in [3.63, 3.8) is 0 Å². The lowest BCUT2D eigenvalue weighted by molar-refractivity contribution is -0.696. The number of nitrogens with one attached hydrogen (secondary N) is 1. The van der Waals surface area contributed by atoms with E-state index >= 15 is 9.59 Å². The number of Topliss-reactive ketones (excluding diaryl/α,β-unsaturated/α-hetero) is 1. The summed E-state index contributed by atoms with van der Waals surface area (Å²) in [5, 5.41) is 29.1. The van der Waals surface area contributed by atoms with Crippen LogP contribution in [-0.2, 0) is 58.9 Å². The number of fused-ring (bicyclic) bond motifs is 5. The van der Waals surface area contributed by atoms with E-state index in [1.807, 2.05) is 0 Å². The van der Waals surface area contributed by atoms with Crippen LogP contribution >= 0.6 is 0 Å². The number of aromatic nitrogens is 1. The molecule has 19 heteroatoms. The van der Waals surface area contributed by atoms with Crippen LogP contribution in [0.1, 0.15) is 103 Å². The van der Waals surface area contributed by atoms with Gasteiger partial charge < -0.3 is 48.9 Å². The standard InChI is InChI=1S/C58H63N3O16/c1-33-40(74-54(70)47(75-43(65)26-28-61-27-18-25-39(31-61)52(68)60(7)8)45(36-19-12-9-13-20-36)59-51(67)37-21-14-10-15-22-37)30-58(71)50(76-53(69)38-23-16-11-17-24-38)48-56(6,41(64)29-42-57(48,32-72-42)77-35(3)63)49(66)46(73-34(2)62)44(33)55(58,4)5/h9-25,27,31,40-42,45-48,50,64,71H,26,28-30,32H2,1-8H3/p+1/t40-,41-,42+,45-,46+,47+,48-,50-,56+,57-,58+/m0/s1. The van der Waals surface area contributed by atoms with Crippen LogP contribution in [0, 0.1) is 16.7 Å². The van der Waals surface area contributed by atoms with Gasteiger partial charge in [-0.15, -0.1) is 0 Å². The van der Waals surface area contributed by atoms with Crippen LogP contribution in [0.2, 0.25) is 0 Å². The molecule has 0 unspecified atom stereocenters. The molecule has 3 fully saturated rings. The second-order valence-electron chi connectivity index (χ2n) is 21.1. The molecule has 1 aromatic heterocycles. The van der Waals surface area contributed by atoms with Gasteiger partial charge in [-0.3, -0.25) is 28.8 Å². The average Bonchev–Trinajstić information content (AvgIpc) is 3.58. The van der Waals surface area contributed by atoms with E-state index < -0.39 is 119 Å². The molecule has 406 valence electrons. The number of aryl methyl sites for hydroxylation is 1. The van der Waals surface area contributed by atoms with E-state index in [2.05, 4.69) is 5.32 Å². The molecule has 3 N–H and O–H groups in total. The minimum absolute atomic E-state index is 0.0123. The first-order chi connectivity index (χ1) is 36.4. The SMILES string of the molecule is CC(=O)O[C@H]1C(=O)[C@@]2(C)[C@H]([C@H](OC(=O)c3ccccc3)[C@]3(O)C[C@H](OC(=O)[C@H](OC(=O)CC[n+]4cccc(C(=O)N(C)C)c4)[C@@H](NC(=O)c4ccccc4)c4ccccc4)C(C)=C1C3(C)C)[C@]1(OC(C)=O)CO[C@@H]1C[C@@H]2O. The zero-order valence-corrected chi connectivity index (χ0v) is 44.1. The third-order valence-corrected chi connectivity index (χ3v) is 15.8. The van der Waals surface area contributed by atoms with E-state index in [1.165, 1.54) is 30.9 Å². The van der Waals surface area contributed by atoms with Gasteiger partial charge in [-0.2, -0.15) is 0 Å². The van der Waals surface area contributed by atoms with Crippen LogP contribution in [0.4, 0.5) is 0 Å². The molecule has 1 aliphatic heterocycles. The largest absolute Gasteiger partial charge is 0.455 e. The molecule has 2 amide bonds. The number of hydrogen-bond donors (Lipinski definition) is 3. The smallest absolute Gasteiger partial charge is 0.350 e. The maximum absolute atomic E-state index is 15.8. The van der Waals surface area contributed by atoms with E-state index in [-0.39, 0.29) is 54.2 Å². The van der Waals surface area contributed by atoms with Crippen molar-refractivity contribution in [1.82, 2.24) is 10.2 Å². The highest BCUT2D eigenvalue weighted by Crippen LogP contribution is 2.64. The van der Waals surface area contributed by atoms with Crippen LogP contribution < -0.4 is 9.88 Å². The number of amides is 2. The fourth-order valence-electron chi connectivity index (χ4n) is 11.8. The van der Waals surface area contributed by atoms with Crippen molar-refractivity contribution < 1.29 is 81.6 Å². The molecule has 1 saturated heterocycles. The van der Waals surface area contributed by atoms with Crippen LogP contribution in [0.3, 0.4) is 0 Å². The number of ether oxygens (including phenoxy) is 6. The molecule has 4 aliphatic rings. The lowest BCUT2D eigenvalue weighted by Gasteiger charge is -2.67. The molecular weight excluding hydrogens is 995 g/mol. The lowest BCUT2D eigenvalue weighted by Crippen LogP contribution is -2.82. The summed E-state index contributed by atoms with van der Waals surface area (Å²) >= 11 is 0. The molecule has 4 aromatic rings. The molecule has 2 bridgehead atoms. The summed E-state index contributed by atoms with van der Waals surface area (Å²) in [6.45, 7) is 7.84. The number of carbonyl (C=O) groups is 8. The van der Waals surface area contributed by atoms with Gasteiger partial charge in [-0.05, 0) is 60.9 Å². The molecule has 2 heterocycles. The second-order valence-corrected chi connectivity index (χ2v) is 21.1. The first-order valence-electron chi connectivity index (χ1n) is 25.4. The highest BCUT2D eigenvalue weighted by molar-refractivity contribution is 5.97. The van der Waals surface area contributed by atoms with Crippen LogP contribution in [-0.4, -0.2) is 131 Å². The summed E-state index contributed by atoms with van der Waals surface area (Å²) in [6, 6.07) is 25.9. The molecule has 3 aliphatic carbocycles. The van der Waals surface area contributed by atoms with Gasteiger partial charge in [-0.25, -0.2) is 14.2 Å². The molecule has 0 radical (unpaired) electrons. The summed E-state index contributed by atoms with van der Waals surface area (Å²) in [4.78, 5) is 115. The van der Waals surface area contributed by atoms with Gasteiger partial charge in [0, 0.05) is 57.8 Å². The number of nitrogens with zero attached hydrogens (tertiary/aromatic N) is 2. The number of aliphatic hydroxyl groups is 2. The Balaban J connectivity index is 1.27. The fraction of sp³-hybridized carbons (Fsp3) is 0.431. The summed E-state index contributed by atoms with van der Waals surface area (Å²) < 4.78 is 38.7. The predicted molar refractivity (Wildman–Crippen MR) is 271 cm³/mol. The minimum Gasteiger partial charge on any atom is -0.455 e. The van der Waals surface area contributed by atoms with Crippen molar-refractivity contribution >= 4 is 47.4 Å². The first-order valence-corrected chi connectivity index (χ1v) is 25.4. The Hall–Kier alpha value is -7.61. The van der Waals surface area contributed by atoms with Gasteiger partial charge in [0.2, 0.25) is 6.10 Å². The van der Waals surface area contributed by atoms with Crippen LogP contribution in [0.25, 0.3) is 0 Å². The number of benzene rings is 3. The summed E-state index contributed by atoms with van der Waals surface area (Å²) in [5.74, 6) is -8.30. The Morgan fingerprint density at radius 3 is 2.01 bits per heavy atom. The Labute approximate surface area is 445 Å². The Bertz CT molecular complexity index is 2980. The highest BCUT2D eigenvalue weighted by Gasteiger charge is 2.78. The third-order valence-electron chi connectivity index (χ3n) is 15.8. The number of carbonyl (C=O) groups excluding carboxylic acids is 8. The maximum Gasteiger partial charge on any atom is 0.350 e. The first kappa shape index (κ1) is 55.6. The maximum atomic E-state index is 15.8. The quantitative estimate of drug-likeness (QED) is 0.0647. The summed E-state index contributed by atoms with van der Waals surface area (Å²) in [6.07, 6.45) is -8.07. The van der Waals surface area contributed by atoms with Crippen molar-refractivity contribution in [3.8, 4) is 0 Å². The average molecular weight is 1060 g/mol. The lowest BCUT2D eigenvalue weighted by atomic mass is 9.44. The molecule has 2 saturated carbocycles. The number of esters is 5. The van der Waals surface area contributed by atoms with Crippen molar-refractivity contribution in [2.45, 2.75) is 121 Å². The van der Waals surface area contributed by atoms with E-state index in [4.69, 9.17) is 28.4 Å². The number of pyridine rings is 1. The molecule has 8 rings (SSSR count). The number of aliphatic hydroxyl groups excluding tert-OH is 1. The number of rotatable bonds is 15. The van der Waals surface area contributed by atoms with Crippen LogP contribution in [0.15, 0.2) is 127 Å². The third kappa shape index (κ3) is 10.4. The summed E-state index contributed by atoms with van der Waals surface area (Å²) in [5.41, 5.74) is -7.22. The van der Waals surface area contributed by atoms with Crippen molar-refractivity contribution in [2.75, 3.05) is 20.7 Å². The van der Waals surface area contributed by atoms with E-state index in [0.29, 0.717) is 11.1 Å². The predicted octanol–water partition coefficient (Wildman–Crippen LogP) is 4.37. The van der Waals surface area contributed by atoms with Crippen LogP contribution in [0.5, 0.6) is 0 Å². The molecular formula is C58H64N3O16+.